The second kappa shape index (κ2) is 8.61. The lowest BCUT2D eigenvalue weighted by atomic mass is 9.70. The summed E-state index contributed by atoms with van der Waals surface area (Å²) < 4.78 is 46.1. The average molecular weight is 382 g/mol. The van der Waals surface area contributed by atoms with Gasteiger partial charge < -0.3 is 9.47 Å². The van der Waals surface area contributed by atoms with Crippen molar-refractivity contribution < 1.29 is 32.2 Å². The summed E-state index contributed by atoms with van der Waals surface area (Å²) >= 11 is 0. The monoisotopic (exact) mass is 382 g/mol. The zero-order valence-corrected chi connectivity index (χ0v) is 17.2. The van der Waals surface area contributed by atoms with Crippen LogP contribution >= 0.6 is 0 Å². The Morgan fingerprint density at radius 2 is 1.46 bits per heavy atom. The van der Waals surface area contributed by atoms with Crippen LogP contribution in [0.2, 0.25) is 0 Å². The largest absolute Gasteiger partial charge is 0.459 e. The van der Waals surface area contributed by atoms with E-state index in [1.54, 1.807) is 0 Å². The Morgan fingerprint density at radius 3 is 1.85 bits per heavy atom. The number of rotatable bonds is 8. The van der Waals surface area contributed by atoms with Gasteiger partial charge in [0, 0.05) is 0 Å². The van der Waals surface area contributed by atoms with Gasteiger partial charge in [-0.05, 0) is 31.1 Å². The maximum atomic E-state index is 12.7. The van der Waals surface area contributed by atoms with Gasteiger partial charge in [0.25, 0.3) is 0 Å². The molecule has 154 valence electrons. The minimum Gasteiger partial charge on any atom is -0.459 e. The number of alkyl halides is 3. The summed E-state index contributed by atoms with van der Waals surface area (Å²) in [5.74, 6) is -1.91. The van der Waals surface area contributed by atoms with Gasteiger partial charge in [-0.2, -0.15) is 13.2 Å². The predicted octanol–water partition coefficient (Wildman–Crippen LogP) is 5.29. The highest BCUT2D eigenvalue weighted by Crippen LogP contribution is 2.39. The summed E-state index contributed by atoms with van der Waals surface area (Å²) in [4.78, 5) is 24.4. The van der Waals surface area contributed by atoms with Gasteiger partial charge in [-0.1, -0.05) is 48.0 Å². The molecule has 7 heteroatoms. The average Bonchev–Trinajstić information content (AvgIpc) is 2.39. The van der Waals surface area contributed by atoms with Crippen LogP contribution in [0.15, 0.2) is 0 Å². The molecule has 0 aromatic heterocycles. The van der Waals surface area contributed by atoms with E-state index in [1.807, 2.05) is 27.7 Å². The van der Waals surface area contributed by atoms with E-state index in [1.165, 1.54) is 13.8 Å². The Kier molecular flexibility index (Phi) is 8.19. The lowest BCUT2D eigenvalue weighted by molar-refractivity contribution is -0.191. The molecule has 0 radical (unpaired) electrons. The molecule has 0 spiro atoms. The van der Waals surface area contributed by atoms with E-state index in [9.17, 15) is 22.8 Å². The van der Waals surface area contributed by atoms with Gasteiger partial charge in [-0.15, -0.1) is 0 Å². The van der Waals surface area contributed by atoms with Crippen molar-refractivity contribution in [2.24, 2.45) is 16.7 Å². The molecular formula is C19H33F3O4. The number of carbonyl (C=O) groups excluding carboxylic acids is 2. The smallest absolute Gasteiger partial charge is 0.422 e. The van der Waals surface area contributed by atoms with E-state index >= 15 is 0 Å². The van der Waals surface area contributed by atoms with Crippen LogP contribution in [0.4, 0.5) is 13.2 Å². The van der Waals surface area contributed by atoms with E-state index in [4.69, 9.17) is 4.74 Å². The Hall–Kier alpha value is -1.27. The van der Waals surface area contributed by atoms with Crippen molar-refractivity contribution in [1.82, 2.24) is 0 Å². The van der Waals surface area contributed by atoms with Crippen LogP contribution in [0.5, 0.6) is 0 Å². The van der Waals surface area contributed by atoms with Gasteiger partial charge in [0.1, 0.15) is 5.60 Å². The van der Waals surface area contributed by atoms with Gasteiger partial charge in [0.05, 0.1) is 12.3 Å². The normalized spacial score (nSPS) is 14.7. The van der Waals surface area contributed by atoms with Crippen molar-refractivity contribution in [3.8, 4) is 0 Å². The van der Waals surface area contributed by atoms with Crippen LogP contribution in [0, 0.1) is 16.7 Å². The van der Waals surface area contributed by atoms with Crippen LogP contribution in [-0.4, -0.2) is 30.3 Å². The highest BCUT2D eigenvalue weighted by Gasteiger charge is 2.40. The third kappa shape index (κ3) is 10.0. The maximum absolute atomic E-state index is 12.7. The molecule has 0 amide bonds. The molecule has 0 fully saturated rings. The van der Waals surface area contributed by atoms with Crippen LogP contribution in [0.3, 0.4) is 0 Å². The molecule has 0 saturated carbocycles. The first-order valence-electron chi connectivity index (χ1n) is 8.84. The number of esters is 2. The van der Waals surface area contributed by atoms with Gasteiger partial charge in [0.15, 0.2) is 6.61 Å². The first kappa shape index (κ1) is 24.7. The van der Waals surface area contributed by atoms with E-state index in [2.05, 4.69) is 18.6 Å². The number of hydrogen-bond acceptors (Lipinski definition) is 4. The molecule has 4 nitrogen and oxygen atoms in total. The summed E-state index contributed by atoms with van der Waals surface area (Å²) in [7, 11) is 0. The number of hydrogen-bond donors (Lipinski definition) is 0. The molecule has 0 aliphatic rings. The highest BCUT2D eigenvalue weighted by molar-refractivity contribution is 5.75. The summed E-state index contributed by atoms with van der Waals surface area (Å²) in [5, 5.41) is 0. The molecule has 0 aromatic rings. The van der Waals surface area contributed by atoms with Crippen molar-refractivity contribution in [2.75, 3.05) is 6.61 Å². The minimum atomic E-state index is -4.58. The fourth-order valence-electron chi connectivity index (χ4n) is 2.38. The third-order valence-electron chi connectivity index (χ3n) is 4.39. The summed E-state index contributed by atoms with van der Waals surface area (Å²) in [6.45, 7) is 13.3. The van der Waals surface area contributed by atoms with Gasteiger partial charge in [0.2, 0.25) is 0 Å². The first-order valence-corrected chi connectivity index (χ1v) is 8.84. The second-order valence-electron chi connectivity index (χ2n) is 9.27. The molecule has 1 atom stereocenters. The Bertz CT molecular complexity index is 488. The van der Waals surface area contributed by atoms with Crippen LogP contribution in [0.25, 0.3) is 0 Å². The number of halogens is 3. The summed E-state index contributed by atoms with van der Waals surface area (Å²) in [5.41, 5.74) is -1.66. The fourth-order valence-corrected chi connectivity index (χ4v) is 2.38. The Balaban J connectivity index is 5.02. The van der Waals surface area contributed by atoms with Crippen molar-refractivity contribution >= 4 is 11.9 Å². The lowest BCUT2D eigenvalue weighted by Crippen LogP contribution is -2.40. The molecule has 0 aromatic carbocycles. The van der Waals surface area contributed by atoms with Crippen LogP contribution < -0.4 is 0 Å². The van der Waals surface area contributed by atoms with Gasteiger partial charge in [-0.3, -0.25) is 9.59 Å². The quantitative estimate of drug-likeness (QED) is 0.535. The van der Waals surface area contributed by atoms with Crippen LogP contribution in [0.1, 0.15) is 74.7 Å². The van der Waals surface area contributed by atoms with Crippen molar-refractivity contribution in [2.45, 2.75) is 86.4 Å². The Morgan fingerprint density at radius 1 is 0.962 bits per heavy atom. The highest BCUT2D eigenvalue weighted by atomic mass is 19.4. The van der Waals surface area contributed by atoms with E-state index in [-0.39, 0.29) is 10.8 Å². The molecule has 0 heterocycles. The topological polar surface area (TPSA) is 52.6 Å². The SMILES string of the molecule is CCC(C)(C)CC(C(=O)OC(C)(C)CC(=O)OCC(F)(F)F)C(C)(C)C. The number of carbonyl (C=O) groups is 2. The Labute approximate surface area is 154 Å². The van der Waals surface area contributed by atoms with Crippen molar-refractivity contribution in [3.63, 3.8) is 0 Å². The first-order chi connectivity index (χ1) is 11.4. The molecule has 26 heavy (non-hydrogen) atoms. The molecule has 1 unspecified atom stereocenters. The molecule has 0 aliphatic carbocycles. The standard InChI is InChI=1S/C19H33F3O4/c1-9-17(5,6)10-13(16(2,3)4)15(24)26-18(7,8)11-14(23)25-12-19(20,21)22/h13H,9-12H2,1-8H3. The third-order valence-corrected chi connectivity index (χ3v) is 4.39. The molecule has 0 rings (SSSR count). The molecule has 0 N–H and O–H groups in total. The van der Waals surface area contributed by atoms with Gasteiger partial charge in [-0.25, -0.2) is 0 Å². The predicted molar refractivity (Wildman–Crippen MR) is 93.4 cm³/mol. The molecule has 0 saturated heterocycles. The summed E-state index contributed by atoms with van der Waals surface area (Å²) in [6.07, 6.45) is -3.52. The van der Waals surface area contributed by atoms with Crippen molar-refractivity contribution in [3.05, 3.63) is 0 Å². The van der Waals surface area contributed by atoms with E-state index < -0.39 is 42.7 Å². The van der Waals surface area contributed by atoms with Crippen molar-refractivity contribution in [1.29, 1.82) is 0 Å². The molecule has 0 bridgehead atoms. The summed E-state index contributed by atoms with van der Waals surface area (Å²) in [6, 6.07) is 0. The van der Waals surface area contributed by atoms with Crippen LogP contribution in [-0.2, 0) is 19.1 Å². The van der Waals surface area contributed by atoms with E-state index in [0.717, 1.165) is 6.42 Å². The number of ether oxygens (including phenoxy) is 2. The molecular weight excluding hydrogens is 349 g/mol. The van der Waals surface area contributed by atoms with E-state index in [0.29, 0.717) is 6.42 Å². The molecule has 0 aliphatic heterocycles. The zero-order valence-electron chi connectivity index (χ0n) is 17.2. The second-order valence-corrected chi connectivity index (χ2v) is 9.27. The zero-order chi connectivity index (χ0) is 21.0. The lowest BCUT2D eigenvalue weighted by Gasteiger charge is -2.37. The maximum Gasteiger partial charge on any atom is 0.422 e. The van der Waals surface area contributed by atoms with Gasteiger partial charge >= 0.3 is 18.1 Å². The minimum absolute atomic E-state index is 0.0627. The fraction of sp³-hybridized carbons (Fsp3) is 0.895.